The maximum atomic E-state index is 11.7. The SMILES string of the molecule is Cc1cnoc1C(=O)NCCCOC1CCNCC1. The highest BCUT2D eigenvalue weighted by molar-refractivity contribution is 5.92. The van der Waals surface area contributed by atoms with Gasteiger partial charge in [-0.3, -0.25) is 4.79 Å². The number of aryl methyl sites for hydroxylation is 1. The van der Waals surface area contributed by atoms with Crippen LogP contribution in [0.3, 0.4) is 0 Å². The van der Waals surface area contributed by atoms with Crippen LogP contribution in [0.2, 0.25) is 0 Å². The monoisotopic (exact) mass is 267 g/mol. The summed E-state index contributed by atoms with van der Waals surface area (Å²) in [6, 6.07) is 0. The van der Waals surface area contributed by atoms with Crippen molar-refractivity contribution in [1.82, 2.24) is 15.8 Å². The van der Waals surface area contributed by atoms with Gasteiger partial charge < -0.3 is 19.9 Å². The molecule has 0 unspecified atom stereocenters. The lowest BCUT2D eigenvalue weighted by Gasteiger charge is -2.22. The van der Waals surface area contributed by atoms with Crippen LogP contribution in [0.5, 0.6) is 0 Å². The molecule has 106 valence electrons. The third kappa shape index (κ3) is 4.33. The zero-order valence-electron chi connectivity index (χ0n) is 11.3. The lowest BCUT2D eigenvalue weighted by atomic mass is 10.1. The first-order chi connectivity index (χ1) is 9.27. The van der Waals surface area contributed by atoms with Gasteiger partial charge in [-0.15, -0.1) is 0 Å². The van der Waals surface area contributed by atoms with Crippen LogP contribution in [-0.4, -0.2) is 43.4 Å². The minimum Gasteiger partial charge on any atom is -0.378 e. The van der Waals surface area contributed by atoms with E-state index in [1.54, 1.807) is 6.92 Å². The number of amides is 1. The molecule has 19 heavy (non-hydrogen) atoms. The fourth-order valence-corrected chi connectivity index (χ4v) is 2.08. The van der Waals surface area contributed by atoms with Crippen LogP contribution in [0.25, 0.3) is 0 Å². The molecule has 1 saturated heterocycles. The maximum absolute atomic E-state index is 11.7. The van der Waals surface area contributed by atoms with E-state index in [-0.39, 0.29) is 5.91 Å². The van der Waals surface area contributed by atoms with Gasteiger partial charge in [-0.25, -0.2) is 0 Å². The number of hydrogen-bond donors (Lipinski definition) is 2. The van der Waals surface area contributed by atoms with E-state index in [1.807, 2.05) is 0 Å². The highest BCUT2D eigenvalue weighted by Gasteiger charge is 2.14. The van der Waals surface area contributed by atoms with Crippen molar-refractivity contribution in [1.29, 1.82) is 0 Å². The normalized spacial score (nSPS) is 16.5. The molecule has 1 fully saturated rings. The van der Waals surface area contributed by atoms with Gasteiger partial charge in [0.05, 0.1) is 12.3 Å². The Morgan fingerprint density at radius 3 is 3.05 bits per heavy atom. The molecule has 0 aliphatic carbocycles. The van der Waals surface area contributed by atoms with E-state index in [0.717, 1.165) is 37.9 Å². The van der Waals surface area contributed by atoms with Gasteiger partial charge in [0.2, 0.25) is 5.76 Å². The fraction of sp³-hybridized carbons (Fsp3) is 0.692. The van der Waals surface area contributed by atoms with E-state index in [0.29, 0.717) is 25.0 Å². The van der Waals surface area contributed by atoms with Gasteiger partial charge in [-0.05, 0) is 39.3 Å². The van der Waals surface area contributed by atoms with Crippen molar-refractivity contribution in [2.45, 2.75) is 32.3 Å². The molecule has 6 heteroatoms. The van der Waals surface area contributed by atoms with Crippen LogP contribution in [0.4, 0.5) is 0 Å². The molecule has 1 aromatic heterocycles. The van der Waals surface area contributed by atoms with Gasteiger partial charge in [-0.2, -0.15) is 0 Å². The number of aromatic nitrogens is 1. The average Bonchev–Trinajstić information content (AvgIpc) is 2.86. The highest BCUT2D eigenvalue weighted by atomic mass is 16.5. The largest absolute Gasteiger partial charge is 0.378 e. The smallest absolute Gasteiger partial charge is 0.290 e. The van der Waals surface area contributed by atoms with Crippen molar-refractivity contribution in [3.05, 3.63) is 17.5 Å². The first-order valence-corrected chi connectivity index (χ1v) is 6.79. The second kappa shape index (κ2) is 7.25. The Bertz CT molecular complexity index is 400. The average molecular weight is 267 g/mol. The predicted octanol–water partition coefficient (Wildman–Crippen LogP) is 0.872. The quantitative estimate of drug-likeness (QED) is 0.748. The number of carbonyl (C=O) groups is 1. The van der Waals surface area contributed by atoms with Crippen molar-refractivity contribution in [3.63, 3.8) is 0 Å². The summed E-state index contributed by atoms with van der Waals surface area (Å²) < 4.78 is 10.6. The first kappa shape index (κ1) is 14.0. The maximum Gasteiger partial charge on any atom is 0.290 e. The highest BCUT2D eigenvalue weighted by Crippen LogP contribution is 2.07. The fourth-order valence-electron chi connectivity index (χ4n) is 2.08. The molecule has 1 amide bonds. The molecule has 0 bridgehead atoms. The van der Waals surface area contributed by atoms with Crippen molar-refractivity contribution in [3.8, 4) is 0 Å². The van der Waals surface area contributed by atoms with Crippen LogP contribution < -0.4 is 10.6 Å². The van der Waals surface area contributed by atoms with E-state index < -0.39 is 0 Å². The van der Waals surface area contributed by atoms with Crippen LogP contribution in [0.15, 0.2) is 10.7 Å². The molecule has 1 aliphatic rings. The Morgan fingerprint density at radius 1 is 1.58 bits per heavy atom. The number of piperidine rings is 1. The van der Waals surface area contributed by atoms with Crippen LogP contribution in [-0.2, 0) is 4.74 Å². The van der Waals surface area contributed by atoms with E-state index >= 15 is 0 Å². The van der Waals surface area contributed by atoms with Gasteiger partial charge in [0.1, 0.15) is 0 Å². The van der Waals surface area contributed by atoms with Crippen LogP contribution in [0.1, 0.15) is 35.4 Å². The molecule has 0 saturated carbocycles. The summed E-state index contributed by atoms with van der Waals surface area (Å²) in [5, 5.41) is 9.68. The summed E-state index contributed by atoms with van der Waals surface area (Å²) >= 11 is 0. The second-order valence-electron chi connectivity index (χ2n) is 4.77. The summed E-state index contributed by atoms with van der Waals surface area (Å²) in [6.45, 7) is 5.13. The number of ether oxygens (including phenoxy) is 1. The standard InChI is InChI=1S/C13H21N3O3/c1-10-9-16-19-12(10)13(17)15-5-2-8-18-11-3-6-14-7-4-11/h9,11,14H,2-8H2,1H3,(H,15,17). The summed E-state index contributed by atoms with van der Waals surface area (Å²) in [6.07, 6.45) is 4.86. The number of rotatable bonds is 6. The van der Waals surface area contributed by atoms with Crippen molar-refractivity contribution in [2.24, 2.45) is 0 Å². The molecule has 2 N–H and O–H groups in total. The third-order valence-corrected chi connectivity index (χ3v) is 3.20. The number of nitrogens with one attached hydrogen (secondary N) is 2. The van der Waals surface area contributed by atoms with Gasteiger partial charge in [0, 0.05) is 18.7 Å². The Morgan fingerprint density at radius 2 is 2.37 bits per heavy atom. The van der Waals surface area contributed by atoms with Crippen molar-refractivity contribution >= 4 is 5.91 Å². The van der Waals surface area contributed by atoms with Crippen LogP contribution >= 0.6 is 0 Å². The van der Waals surface area contributed by atoms with E-state index in [2.05, 4.69) is 15.8 Å². The minimum atomic E-state index is -0.211. The second-order valence-corrected chi connectivity index (χ2v) is 4.77. The van der Waals surface area contributed by atoms with Crippen LogP contribution in [0, 0.1) is 6.92 Å². The van der Waals surface area contributed by atoms with E-state index in [4.69, 9.17) is 9.26 Å². The Hall–Kier alpha value is -1.40. The number of nitrogens with zero attached hydrogens (tertiary/aromatic N) is 1. The van der Waals surface area contributed by atoms with Gasteiger partial charge in [0.15, 0.2) is 0 Å². The number of carbonyl (C=O) groups excluding carboxylic acids is 1. The molecule has 2 heterocycles. The summed E-state index contributed by atoms with van der Waals surface area (Å²) in [4.78, 5) is 11.7. The molecule has 0 radical (unpaired) electrons. The minimum absolute atomic E-state index is 0.211. The molecule has 0 aromatic carbocycles. The predicted molar refractivity (Wildman–Crippen MR) is 70.0 cm³/mol. The van der Waals surface area contributed by atoms with Crippen molar-refractivity contribution < 1.29 is 14.1 Å². The first-order valence-electron chi connectivity index (χ1n) is 6.79. The van der Waals surface area contributed by atoms with Crippen molar-refractivity contribution in [2.75, 3.05) is 26.2 Å². The summed E-state index contributed by atoms with van der Waals surface area (Å²) in [5.41, 5.74) is 0.753. The van der Waals surface area contributed by atoms with E-state index in [1.165, 1.54) is 6.20 Å². The lowest BCUT2D eigenvalue weighted by molar-refractivity contribution is 0.0317. The summed E-state index contributed by atoms with van der Waals surface area (Å²) in [5.74, 6) is 0.0798. The van der Waals surface area contributed by atoms with Gasteiger partial charge in [-0.1, -0.05) is 5.16 Å². The van der Waals surface area contributed by atoms with E-state index in [9.17, 15) is 4.79 Å². The Kier molecular flexibility index (Phi) is 5.35. The number of hydrogen-bond acceptors (Lipinski definition) is 5. The zero-order valence-corrected chi connectivity index (χ0v) is 11.3. The molecule has 1 aromatic rings. The zero-order chi connectivity index (χ0) is 13.5. The Balaban J connectivity index is 1.56. The lowest BCUT2D eigenvalue weighted by Crippen LogP contribution is -2.33. The van der Waals surface area contributed by atoms with Gasteiger partial charge >= 0.3 is 0 Å². The molecule has 0 atom stereocenters. The molecular formula is C13H21N3O3. The molecule has 0 spiro atoms. The Labute approximate surface area is 112 Å². The molecule has 1 aliphatic heterocycles. The third-order valence-electron chi connectivity index (χ3n) is 3.20. The molecular weight excluding hydrogens is 246 g/mol. The molecule has 2 rings (SSSR count). The molecule has 6 nitrogen and oxygen atoms in total. The van der Waals surface area contributed by atoms with Gasteiger partial charge in [0.25, 0.3) is 5.91 Å². The summed E-state index contributed by atoms with van der Waals surface area (Å²) in [7, 11) is 0. The topological polar surface area (TPSA) is 76.4 Å².